The predicted molar refractivity (Wildman–Crippen MR) is 88.4 cm³/mol. The van der Waals surface area contributed by atoms with Gasteiger partial charge in [-0.15, -0.1) is 0 Å². The van der Waals surface area contributed by atoms with E-state index in [1.807, 2.05) is 6.07 Å². The minimum absolute atomic E-state index is 0.375. The molecule has 0 fully saturated rings. The molecule has 1 unspecified atom stereocenters. The van der Waals surface area contributed by atoms with Crippen LogP contribution in [0.25, 0.3) is 0 Å². The minimum atomic E-state index is 0.375. The molecular weight excluding hydrogens is 260 g/mol. The molecule has 110 valence electrons. The van der Waals surface area contributed by atoms with Gasteiger partial charge in [0.15, 0.2) is 0 Å². The fourth-order valence-corrected chi connectivity index (χ4v) is 2.91. The first-order valence-electron chi connectivity index (χ1n) is 7.38. The quantitative estimate of drug-likeness (QED) is 0.921. The van der Waals surface area contributed by atoms with Crippen LogP contribution in [0.1, 0.15) is 23.6 Å². The van der Waals surface area contributed by atoms with Crippen molar-refractivity contribution < 1.29 is 4.74 Å². The van der Waals surface area contributed by atoms with E-state index in [4.69, 9.17) is 4.74 Å². The maximum Gasteiger partial charge on any atom is 0.119 e. The third-order valence-electron chi connectivity index (χ3n) is 4.16. The summed E-state index contributed by atoms with van der Waals surface area (Å²) < 4.78 is 5.35. The van der Waals surface area contributed by atoms with Gasteiger partial charge in [0, 0.05) is 25.5 Å². The molecule has 2 aromatic carbocycles. The zero-order chi connectivity index (χ0) is 14.8. The van der Waals surface area contributed by atoms with Crippen LogP contribution < -0.4 is 15.0 Å². The number of methoxy groups -OCH3 is 1. The lowest BCUT2D eigenvalue weighted by atomic mass is 10.1. The monoisotopic (exact) mass is 282 g/mol. The van der Waals surface area contributed by atoms with E-state index in [1.54, 1.807) is 7.11 Å². The van der Waals surface area contributed by atoms with E-state index in [-0.39, 0.29) is 0 Å². The second-order valence-electron chi connectivity index (χ2n) is 5.74. The number of ether oxygens (including phenoxy) is 1. The van der Waals surface area contributed by atoms with Crippen LogP contribution >= 0.6 is 0 Å². The van der Waals surface area contributed by atoms with Crippen molar-refractivity contribution in [3.05, 3.63) is 53.6 Å². The van der Waals surface area contributed by atoms with E-state index < -0.39 is 0 Å². The van der Waals surface area contributed by atoms with Crippen LogP contribution in [0.4, 0.5) is 11.4 Å². The van der Waals surface area contributed by atoms with Gasteiger partial charge in [-0.05, 0) is 60.4 Å². The molecule has 2 aromatic rings. The molecule has 0 aliphatic heterocycles. The smallest absolute Gasteiger partial charge is 0.119 e. The first-order chi connectivity index (χ1) is 10.2. The van der Waals surface area contributed by atoms with Crippen LogP contribution in [-0.2, 0) is 6.42 Å². The summed E-state index contributed by atoms with van der Waals surface area (Å²) in [6, 6.07) is 15.3. The molecule has 0 bridgehead atoms. The summed E-state index contributed by atoms with van der Waals surface area (Å²) in [5.41, 5.74) is 5.18. The van der Waals surface area contributed by atoms with Crippen molar-refractivity contribution in [1.29, 1.82) is 0 Å². The zero-order valence-corrected chi connectivity index (χ0v) is 12.9. The Bertz CT molecular complexity index is 620. The number of nitrogens with one attached hydrogen (secondary N) is 1. The van der Waals surface area contributed by atoms with E-state index >= 15 is 0 Å². The Hall–Kier alpha value is -2.16. The van der Waals surface area contributed by atoms with Gasteiger partial charge in [-0.1, -0.05) is 6.07 Å². The molecule has 1 aliphatic rings. The van der Waals surface area contributed by atoms with Gasteiger partial charge in [0.1, 0.15) is 5.75 Å². The fraction of sp³-hybridized carbons (Fsp3) is 0.333. The van der Waals surface area contributed by atoms with E-state index in [0.717, 1.165) is 18.6 Å². The summed E-state index contributed by atoms with van der Waals surface area (Å²) in [6.07, 6.45) is 2.27. The number of fused-ring (bicyclic) bond motifs is 1. The van der Waals surface area contributed by atoms with Crippen molar-refractivity contribution in [3.8, 4) is 5.75 Å². The molecule has 0 saturated carbocycles. The Balaban J connectivity index is 1.78. The average molecular weight is 282 g/mol. The molecule has 0 amide bonds. The van der Waals surface area contributed by atoms with Gasteiger partial charge in [-0.3, -0.25) is 0 Å². The number of benzene rings is 2. The van der Waals surface area contributed by atoms with Crippen molar-refractivity contribution in [3.63, 3.8) is 0 Å². The first kappa shape index (κ1) is 13.8. The lowest BCUT2D eigenvalue weighted by Gasteiger charge is -2.18. The molecule has 3 rings (SSSR count). The summed E-state index contributed by atoms with van der Waals surface area (Å²) >= 11 is 0. The molecule has 3 heteroatoms. The van der Waals surface area contributed by atoms with Crippen molar-refractivity contribution in [1.82, 2.24) is 0 Å². The molecule has 21 heavy (non-hydrogen) atoms. The van der Waals surface area contributed by atoms with Crippen molar-refractivity contribution in [2.75, 3.05) is 31.4 Å². The summed E-state index contributed by atoms with van der Waals surface area (Å²) in [4.78, 5) is 2.11. The standard InChI is InChI=1S/C18H22N2O/c1-20(2)15-8-6-14(7-9-15)19-18-11-5-13-4-10-16(21-3)12-17(13)18/h4,6-10,12,18-19H,5,11H2,1-3H3. The molecule has 0 aromatic heterocycles. The van der Waals surface area contributed by atoms with Crippen LogP contribution in [0, 0.1) is 0 Å². The largest absolute Gasteiger partial charge is 0.497 e. The second kappa shape index (κ2) is 5.68. The molecule has 0 radical (unpaired) electrons. The Morgan fingerprint density at radius 1 is 1.10 bits per heavy atom. The van der Waals surface area contributed by atoms with E-state index in [0.29, 0.717) is 6.04 Å². The van der Waals surface area contributed by atoms with Gasteiger partial charge in [0.2, 0.25) is 0 Å². The van der Waals surface area contributed by atoms with Gasteiger partial charge in [-0.2, -0.15) is 0 Å². The molecule has 3 nitrogen and oxygen atoms in total. The summed E-state index contributed by atoms with van der Waals surface area (Å²) in [5, 5.41) is 3.64. The second-order valence-corrected chi connectivity index (χ2v) is 5.74. The Labute approximate surface area is 126 Å². The molecule has 0 heterocycles. The van der Waals surface area contributed by atoms with Crippen molar-refractivity contribution in [2.24, 2.45) is 0 Å². The number of hydrogen-bond acceptors (Lipinski definition) is 3. The number of anilines is 2. The number of rotatable bonds is 4. The minimum Gasteiger partial charge on any atom is -0.497 e. The lowest BCUT2D eigenvalue weighted by Crippen LogP contribution is -2.09. The maximum absolute atomic E-state index is 5.35. The number of hydrogen-bond donors (Lipinski definition) is 1. The Kier molecular flexibility index (Phi) is 3.74. The Morgan fingerprint density at radius 2 is 1.86 bits per heavy atom. The summed E-state index contributed by atoms with van der Waals surface area (Å²) in [5.74, 6) is 0.936. The van der Waals surface area contributed by atoms with Gasteiger partial charge >= 0.3 is 0 Å². The highest BCUT2D eigenvalue weighted by atomic mass is 16.5. The molecule has 0 spiro atoms. The van der Waals surface area contributed by atoms with Crippen molar-refractivity contribution in [2.45, 2.75) is 18.9 Å². The van der Waals surface area contributed by atoms with Gasteiger partial charge in [0.05, 0.1) is 13.2 Å². The first-order valence-corrected chi connectivity index (χ1v) is 7.38. The maximum atomic E-state index is 5.35. The van der Waals surface area contributed by atoms with Gasteiger partial charge in [0.25, 0.3) is 0 Å². The molecule has 1 aliphatic carbocycles. The normalized spacial score (nSPS) is 16.4. The highest BCUT2D eigenvalue weighted by Gasteiger charge is 2.22. The van der Waals surface area contributed by atoms with E-state index in [9.17, 15) is 0 Å². The third-order valence-corrected chi connectivity index (χ3v) is 4.16. The van der Waals surface area contributed by atoms with Crippen LogP contribution in [0.3, 0.4) is 0 Å². The lowest BCUT2D eigenvalue weighted by molar-refractivity contribution is 0.414. The SMILES string of the molecule is COc1ccc2c(c1)C(Nc1ccc(N(C)C)cc1)CC2. The molecular formula is C18H22N2O. The number of nitrogens with zero attached hydrogens (tertiary/aromatic N) is 1. The van der Waals surface area contributed by atoms with Gasteiger partial charge in [-0.25, -0.2) is 0 Å². The highest BCUT2D eigenvalue weighted by molar-refractivity contribution is 5.56. The van der Waals surface area contributed by atoms with E-state index in [2.05, 4.69) is 60.7 Å². The van der Waals surface area contributed by atoms with Crippen LogP contribution in [0.15, 0.2) is 42.5 Å². The fourth-order valence-electron chi connectivity index (χ4n) is 2.91. The number of aryl methyl sites for hydroxylation is 1. The zero-order valence-electron chi connectivity index (χ0n) is 12.9. The van der Waals surface area contributed by atoms with Crippen LogP contribution in [-0.4, -0.2) is 21.2 Å². The predicted octanol–water partition coefficient (Wildman–Crippen LogP) is 3.86. The summed E-state index contributed by atoms with van der Waals surface area (Å²) in [6.45, 7) is 0. The van der Waals surface area contributed by atoms with Crippen LogP contribution in [0.5, 0.6) is 5.75 Å². The Morgan fingerprint density at radius 3 is 2.52 bits per heavy atom. The van der Waals surface area contributed by atoms with Crippen LogP contribution in [0.2, 0.25) is 0 Å². The average Bonchev–Trinajstić information content (AvgIpc) is 2.90. The molecule has 1 N–H and O–H groups in total. The highest BCUT2D eigenvalue weighted by Crippen LogP contribution is 2.36. The van der Waals surface area contributed by atoms with Crippen molar-refractivity contribution >= 4 is 11.4 Å². The topological polar surface area (TPSA) is 24.5 Å². The van der Waals surface area contributed by atoms with Gasteiger partial charge < -0.3 is 15.0 Å². The van der Waals surface area contributed by atoms with E-state index in [1.165, 1.54) is 22.5 Å². The summed E-state index contributed by atoms with van der Waals surface area (Å²) in [7, 11) is 5.84. The third kappa shape index (κ3) is 2.82. The molecule has 1 atom stereocenters. The molecule has 0 saturated heterocycles.